The highest BCUT2D eigenvalue weighted by Gasteiger charge is 2.42. The number of hydrogen-bond donors (Lipinski definition) is 1. The molecule has 0 radical (unpaired) electrons. The lowest BCUT2D eigenvalue weighted by Gasteiger charge is -2.36. The van der Waals surface area contributed by atoms with Crippen LogP contribution in [-0.4, -0.2) is 95.8 Å². The van der Waals surface area contributed by atoms with E-state index in [4.69, 9.17) is 9.73 Å². The molecule has 0 saturated carbocycles. The number of ether oxygens (including phenoxy) is 1. The van der Waals surface area contributed by atoms with Crippen LogP contribution in [0.2, 0.25) is 0 Å². The predicted molar refractivity (Wildman–Crippen MR) is 155 cm³/mol. The highest BCUT2D eigenvalue weighted by atomic mass is 32.2. The van der Waals surface area contributed by atoms with Gasteiger partial charge in [0.05, 0.1) is 24.0 Å². The van der Waals surface area contributed by atoms with Gasteiger partial charge in [-0.3, -0.25) is 19.4 Å². The van der Waals surface area contributed by atoms with Crippen molar-refractivity contribution in [1.82, 2.24) is 15.1 Å². The van der Waals surface area contributed by atoms with E-state index in [-0.39, 0.29) is 36.0 Å². The highest BCUT2D eigenvalue weighted by Crippen LogP contribution is 2.34. The topological polar surface area (TPSA) is 107 Å². The summed E-state index contributed by atoms with van der Waals surface area (Å²) in [6.07, 6.45) is 2.03. The van der Waals surface area contributed by atoms with E-state index in [0.717, 1.165) is 43.8 Å². The molecule has 1 N–H and O–H groups in total. The van der Waals surface area contributed by atoms with Crippen LogP contribution in [0.4, 0.5) is 11.4 Å². The maximum absolute atomic E-state index is 13.6. The molecule has 0 aromatic heterocycles. The van der Waals surface area contributed by atoms with Crippen molar-refractivity contribution in [2.24, 2.45) is 9.98 Å². The second-order valence-corrected chi connectivity index (χ2v) is 11.1. The Bertz CT molecular complexity index is 1340. The van der Waals surface area contributed by atoms with Crippen LogP contribution >= 0.6 is 11.8 Å². The van der Waals surface area contributed by atoms with Gasteiger partial charge in [0.15, 0.2) is 5.17 Å². The van der Waals surface area contributed by atoms with Gasteiger partial charge in [-0.15, -0.1) is 0 Å². The van der Waals surface area contributed by atoms with Crippen molar-refractivity contribution in [1.29, 1.82) is 0 Å². The average Bonchev–Trinajstić information content (AvgIpc) is 3.63. The first-order chi connectivity index (χ1) is 19.6. The molecule has 6 rings (SSSR count). The molecular weight excluding hydrogens is 528 g/mol. The van der Waals surface area contributed by atoms with Crippen LogP contribution in [0.3, 0.4) is 0 Å². The molecule has 3 amide bonds. The Morgan fingerprint density at radius 1 is 1.02 bits per heavy atom. The molecule has 0 unspecified atom stereocenters. The summed E-state index contributed by atoms with van der Waals surface area (Å²) in [7, 11) is 0. The van der Waals surface area contributed by atoms with Gasteiger partial charge < -0.3 is 19.9 Å². The number of aliphatic imine (C=N–C) groups is 2. The number of amidine groups is 2. The molecule has 0 bridgehead atoms. The maximum atomic E-state index is 13.6. The highest BCUT2D eigenvalue weighted by molar-refractivity contribution is 8.14. The smallest absolute Gasteiger partial charge is 0.259 e. The van der Waals surface area contributed by atoms with Crippen molar-refractivity contribution in [2.45, 2.75) is 31.4 Å². The first-order valence-electron chi connectivity index (χ1n) is 13.8. The number of thioether (sulfide) groups is 1. The molecule has 10 nitrogen and oxygen atoms in total. The fourth-order valence-corrected chi connectivity index (χ4v) is 6.22. The summed E-state index contributed by atoms with van der Waals surface area (Å²) in [5.41, 5.74) is 2.58. The monoisotopic (exact) mass is 560 g/mol. The van der Waals surface area contributed by atoms with Gasteiger partial charge >= 0.3 is 0 Å². The van der Waals surface area contributed by atoms with Gasteiger partial charge in [0, 0.05) is 50.6 Å². The van der Waals surface area contributed by atoms with Gasteiger partial charge in [-0.25, -0.2) is 9.89 Å². The number of rotatable bonds is 7. The predicted octanol–water partition coefficient (Wildman–Crippen LogP) is 2.41. The first-order valence-corrected chi connectivity index (χ1v) is 14.7. The van der Waals surface area contributed by atoms with Crippen molar-refractivity contribution >= 4 is 51.9 Å². The van der Waals surface area contributed by atoms with Crippen LogP contribution in [0.5, 0.6) is 0 Å². The van der Waals surface area contributed by atoms with Crippen LogP contribution in [-0.2, 0) is 19.1 Å². The molecule has 2 fully saturated rings. The molecule has 2 atom stereocenters. The number of benzene rings is 2. The lowest BCUT2D eigenvalue weighted by atomic mass is 10.1. The van der Waals surface area contributed by atoms with Crippen molar-refractivity contribution < 1.29 is 19.1 Å². The van der Waals surface area contributed by atoms with Crippen LogP contribution < -0.4 is 10.2 Å². The number of amides is 3. The number of carbonyl (C=O) groups is 3. The van der Waals surface area contributed by atoms with E-state index in [0.29, 0.717) is 36.3 Å². The zero-order chi connectivity index (χ0) is 27.5. The minimum atomic E-state index is -0.819. The quantitative estimate of drug-likeness (QED) is 0.558. The summed E-state index contributed by atoms with van der Waals surface area (Å²) in [5.74, 6) is 0.0909. The first kappa shape index (κ1) is 26.5. The van der Waals surface area contributed by atoms with E-state index in [1.165, 1.54) is 16.7 Å². The fourth-order valence-electron chi connectivity index (χ4n) is 5.39. The summed E-state index contributed by atoms with van der Waals surface area (Å²) in [6, 6.07) is 16.8. The molecule has 0 spiro atoms. The third-order valence-corrected chi connectivity index (χ3v) is 8.49. The van der Waals surface area contributed by atoms with Gasteiger partial charge in [-0.05, 0) is 37.1 Å². The molecule has 0 aliphatic carbocycles. The third kappa shape index (κ3) is 5.62. The fraction of sp³-hybridized carbons (Fsp3) is 0.414. The number of piperazine rings is 1. The standard InChI is InChI=1S/C29H32N6O4S/c36-25(30-18-21-9-6-16-39-21)19-40-29-32-23-11-5-4-10-22(23)27-31-24(28(38)35(27)29)17-26(37)34-14-12-33(13-15-34)20-7-2-1-3-8-20/h1-5,7-8,10-11,21,24H,6,9,12-19H2,(H,30,36)/t21-,24-/m1/s1. The van der Waals surface area contributed by atoms with Crippen molar-refractivity contribution in [3.63, 3.8) is 0 Å². The molecule has 2 saturated heterocycles. The number of nitrogens with zero attached hydrogens (tertiary/aromatic N) is 5. The minimum absolute atomic E-state index is 0.00611. The van der Waals surface area contributed by atoms with Crippen LogP contribution in [0, 0.1) is 0 Å². The Labute approximate surface area is 237 Å². The zero-order valence-electron chi connectivity index (χ0n) is 22.2. The van der Waals surface area contributed by atoms with E-state index in [2.05, 4.69) is 27.3 Å². The van der Waals surface area contributed by atoms with Crippen LogP contribution in [0.1, 0.15) is 24.8 Å². The van der Waals surface area contributed by atoms with E-state index >= 15 is 0 Å². The average molecular weight is 561 g/mol. The Balaban J connectivity index is 1.10. The Morgan fingerprint density at radius 2 is 1.80 bits per heavy atom. The Morgan fingerprint density at radius 3 is 2.58 bits per heavy atom. The van der Waals surface area contributed by atoms with Crippen LogP contribution in [0.25, 0.3) is 0 Å². The summed E-state index contributed by atoms with van der Waals surface area (Å²) in [6.45, 7) is 3.89. The molecule has 4 aliphatic rings. The number of hydrogen-bond acceptors (Lipinski definition) is 8. The molecule has 4 aliphatic heterocycles. The summed E-state index contributed by atoms with van der Waals surface area (Å²) >= 11 is 1.20. The summed E-state index contributed by atoms with van der Waals surface area (Å²) < 4.78 is 5.57. The summed E-state index contributed by atoms with van der Waals surface area (Å²) in [5, 5.41) is 3.32. The molecule has 208 valence electrons. The number of nitrogens with one attached hydrogen (secondary N) is 1. The Hall–Kier alpha value is -3.70. The lowest BCUT2D eigenvalue weighted by Crippen LogP contribution is -2.50. The van der Waals surface area contributed by atoms with E-state index < -0.39 is 6.04 Å². The van der Waals surface area contributed by atoms with Gasteiger partial charge in [0.2, 0.25) is 11.8 Å². The largest absolute Gasteiger partial charge is 0.376 e. The third-order valence-electron chi connectivity index (χ3n) is 7.55. The van der Waals surface area contributed by atoms with E-state index in [1.54, 1.807) is 0 Å². The molecule has 2 aromatic carbocycles. The number of anilines is 1. The lowest BCUT2D eigenvalue weighted by molar-refractivity contribution is -0.135. The summed E-state index contributed by atoms with van der Waals surface area (Å²) in [4.78, 5) is 54.3. The molecule has 2 aromatic rings. The molecular formula is C29H32N6O4S. The van der Waals surface area contributed by atoms with Gasteiger partial charge in [-0.1, -0.05) is 42.1 Å². The van der Waals surface area contributed by atoms with Crippen molar-refractivity contribution in [3.8, 4) is 0 Å². The number of para-hydroxylation sites is 2. The van der Waals surface area contributed by atoms with Crippen molar-refractivity contribution in [3.05, 3.63) is 60.2 Å². The van der Waals surface area contributed by atoms with Gasteiger partial charge in [0.1, 0.15) is 11.9 Å². The maximum Gasteiger partial charge on any atom is 0.259 e. The van der Waals surface area contributed by atoms with Gasteiger partial charge in [0.25, 0.3) is 5.91 Å². The second kappa shape index (κ2) is 11.8. The molecule has 4 heterocycles. The van der Waals surface area contributed by atoms with E-state index in [1.807, 2.05) is 47.4 Å². The van der Waals surface area contributed by atoms with E-state index in [9.17, 15) is 14.4 Å². The molecule has 40 heavy (non-hydrogen) atoms. The van der Waals surface area contributed by atoms with Crippen molar-refractivity contribution in [2.75, 3.05) is 50.0 Å². The number of carbonyl (C=O) groups excluding carboxylic acids is 3. The molecule has 11 heteroatoms. The Kier molecular flexibility index (Phi) is 7.83. The normalized spacial score (nSPS) is 22.0. The zero-order valence-corrected chi connectivity index (χ0v) is 23.0. The minimum Gasteiger partial charge on any atom is -0.376 e. The van der Waals surface area contributed by atoms with Gasteiger partial charge in [-0.2, -0.15) is 0 Å². The SMILES string of the molecule is O=C(CSC1=Nc2ccccc2C2=N[C@H](CC(=O)N3CCN(c4ccccc4)CC3)C(=O)N12)NC[C@H]1CCCO1. The number of fused-ring (bicyclic) bond motifs is 3. The second-order valence-electron chi connectivity index (χ2n) is 10.2. The van der Waals surface area contributed by atoms with Crippen LogP contribution in [0.15, 0.2) is 64.6 Å².